The van der Waals surface area contributed by atoms with Crippen LogP contribution in [-0.2, 0) is 0 Å². The van der Waals surface area contributed by atoms with E-state index in [1.165, 1.54) is 0 Å². The average Bonchev–Trinajstić information content (AvgIpc) is 2.61. The van der Waals surface area contributed by atoms with Crippen molar-refractivity contribution in [3.05, 3.63) is 18.6 Å². The fourth-order valence-electron chi connectivity index (χ4n) is 2.07. The van der Waals surface area contributed by atoms with Crippen LogP contribution in [0.25, 0.3) is 0 Å². The molecule has 1 aliphatic heterocycles. The van der Waals surface area contributed by atoms with Gasteiger partial charge in [-0.25, -0.2) is 4.98 Å². The standard InChI is InChI=1S/C10H16N4/c1-8-4-9(5-11)7-14(8)10-6-12-2-3-13-10/h2-3,6,8-9H,4-5,7,11H2,1H3. The predicted octanol–water partition coefficient (Wildman–Crippen LogP) is 0.650. The van der Waals surface area contributed by atoms with Crippen LogP contribution in [0.2, 0.25) is 0 Å². The van der Waals surface area contributed by atoms with E-state index < -0.39 is 0 Å². The Morgan fingerprint density at radius 2 is 2.43 bits per heavy atom. The Balaban J connectivity index is 2.13. The highest BCUT2D eigenvalue weighted by molar-refractivity contribution is 5.38. The zero-order valence-electron chi connectivity index (χ0n) is 8.43. The summed E-state index contributed by atoms with van der Waals surface area (Å²) in [6.45, 7) is 3.99. The third-order valence-electron chi connectivity index (χ3n) is 2.84. The smallest absolute Gasteiger partial charge is 0.147 e. The monoisotopic (exact) mass is 192 g/mol. The van der Waals surface area contributed by atoms with E-state index >= 15 is 0 Å². The second-order valence-electron chi connectivity index (χ2n) is 3.90. The van der Waals surface area contributed by atoms with Gasteiger partial charge in [-0.3, -0.25) is 4.98 Å². The van der Waals surface area contributed by atoms with Gasteiger partial charge in [-0.05, 0) is 25.8 Å². The minimum atomic E-state index is 0.528. The number of hydrogen-bond acceptors (Lipinski definition) is 4. The maximum Gasteiger partial charge on any atom is 0.147 e. The zero-order chi connectivity index (χ0) is 9.97. The molecular formula is C10H16N4. The molecule has 1 aromatic rings. The van der Waals surface area contributed by atoms with E-state index in [0.29, 0.717) is 12.0 Å². The molecule has 2 N–H and O–H groups in total. The van der Waals surface area contributed by atoms with E-state index in [2.05, 4.69) is 21.8 Å². The van der Waals surface area contributed by atoms with Crippen LogP contribution in [-0.4, -0.2) is 29.1 Å². The maximum atomic E-state index is 5.67. The molecule has 0 aliphatic carbocycles. The SMILES string of the molecule is CC1CC(CN)CN1c1cnccn1. The summed E-state index contributed by atoms with van der Waals surface area (Å²) >= 11 is 0. The molecule has 2 heterocycles. The highest BCUT2D eigenvalue weighted by Crippen LogP contribution is 2.25. The largest absolute Gasteiger partial charge is 0.352 e. The van der Waals surface area contributed by atoms with Gasteiger partial charge in [0.15, 0.2) is 0 Å². The number of anilines is 1. The molecule has 2 atom stereocenters. The molecule has 4 heteroatoms. The van der Waals surface area contributed by atoms with Crippen molar-refractivity contribution in [2.75, 3.05) is 18.0 Å². The summed E-state index contributed by atoms with van der Waals surface area (Å²) in [4.78, 5) is 10.7. The van der Waals surface area contributed by atoms with Crippen molar-refractivity contribution >= 4 is 5.82 Å². The first-order chi connectivity index (χ1) is 6.81. The van der Waals surface area contributed by atoms with E-state index in [1.807, 2.05) is 6.20 Å². The van der Waals surface area contributed by atoms with E-state index in [1.54, 1.807) is 12.4 Å². The predicted molar refractivity (Wildman–Crippen MR) is 56.0 cm³/mol. The van der Waals surface area contributed by atoms with Crippen LogP contribution in [0.5, 0.6) is 0 Å². The normalized spacial score (nSPS) is 26.9. The van der Waals surface area contributed by atoms with Gasteiger partial charge < -0.3 is 10.6 Å². The van der Waals surface area contributed by atoms with Gasteiger partial charge in [0.05, 0.1) is 6.20 Å². The van der Waals surface area contributed by atoms with Crippen LogP contribution < -0.4 is 10.6 Å². The van der Waals surface area contributed by atoms with Gasteiger partial charge in [-0.1, -0.05) is 0 Å². The lowest BCUT2D eigenvalue weighted by atomic mass is 10.1. The van der Waals surface area contributed by atoms with Crippen molar-refractivity contribution in [2.24, 2.45) is 11.7 Å². The summed E-state index contributed by atoms with van der Waals surface area (Å²) in [5, 5.41) is 0. The van der Waals surface area contributed by atoms with Gasteiger partial charge in [0.2, 0.25) is 0 Å². The molecule has 1 aliphatic rings. The van der Waals surface area contributed by atoms with E-state index in [0.717, 1.165) is 25.3 Å². The zero-order valence-corrected chi connectivity index (χ0v) is 8.43. The maximum absolute atomic E-state index is 5.67. The fourth-order valence-corrected chi connectivity index (χ4v) is 2.07. The Kier molecular flexibility index (Phi) is 2.63. The topological polar surface area (TPSA) is 55.0 Å². The number of hydrogen-bond donors (Lipinski definition) is 1. The van der Waals surface area contributed by atoms with Gasteiger partial charge in [-0.15, -0.1) is 0 Å². The van der Waals surface area contributed by atoms with Gasteiger partial charge in [-0.2, -0.15) is 0 Å². The second-order valence-corrected chi connectivity index (χ2v) is 3.90. The van der Waals surface area contributed by atoms with Crippen molar-refractivity contribution in [3.63, 3.8) is 0 Å². The van der Waals surface area contributed by atoms with Crippen LogP contribution in [0.1, 0.15) is 13.3 Å². The average molecular weight is 192 g/mol. The Bertz CT molecular complexity index is 287. The molecule has 2 unspecified atom stereocenters. The number of nitrogens with two attached hydrogens (primary N) is 1. The van der Waals surface area contributed by atoms with E-state index in [9.17, 15) is 0 Å². The summed E-state index contributed by atoms with van der Waals surface area (Å²) in [5.41, 5.74) is 5.67. The number of aromatic nitrogens is 2. The van der Waals surface area contributed by atoms with Gasteiger partial charge in [0, 0.05) is 25.0 Å². The first-order valence-electron chi connectivity index (χ1n) is 5.04. The van der Waals surface area contributed by atoms with Gasteiger partial charge in [0.25, 0.3) is 0 Å². The van der Waals surface area contributed by atoms with Gasteiger partial charge >= 0.3 is 0 Å². The first-order valence-corrected chi connectivity index (χ1v) is 5.04. The lowest BCUT2D eigenvalue weighted by Crippen LogP contribution is -2.28. The number of rotatable bonds is 2. The number of nitrogens with zero attached hydrogens (tertiary/aromatic N) is 3. The molecule has 76 valence electrons. The van der Waals surface area contributed by atoms with Crippen LogP contribution in [0.15, 0.2) is 18.6 Å². The lowest BCUT2D eigenvalue weighted by molar-refractivity contribution is 0.579. The Morgan fingerprint density at radius 1 is 1.57 bits per heavy atom. The minimum Gasteiger partial charge on any atom is -0.352 e. The first kappa shape index (κ1) is 9.40. The highest BCUT2D eigenvalue weighted by Gasteiger charge is 2.28. The highest BCUT2D eigenvalue weighted by atomic mass is 15.2. The van der Waals surface area contributed by atoms with Crippen molar-refractivity contribution in [1.82, 2.24) is 9.97 Å². The van der Waals surface area contributed by atoms with Crippen LogP contribution in [0, 0.1) is 5.92 Å². The van der Waals surface area contributed by atoms with Gasteiger partial charge in [0.1, 0.15) is 5.82 Å². The summed E-state index contributed by atoms with van der Waals surface area (Å²) in [5.74, 6) is 1.57. The molecule has 0 saturated carbocycles. The quantitative estimate of drug-likeness (QED) is 0.747. The molecule has 0 bridgehead atoms. The molecule has 0 spiro atoms. The van der Waals surface area contributed by atoms with E-state index in [4.69, 9.17) is 5.73 Å². The molecular weight excluding hydrogens is 176 g/mol. The summed E-state index contributed by atoms with van der Waals surface area (Å²) in [6, 6.07) is 0.528. The summed E-state index contributed by atoms with van der Waals surface area (Å²) in [7, 11) is 0. The molecule has 4 nitrogen and oxygen atoms in total. The molecule has 0 amide bonds. The molecule has 14 heavy (non-hydrogen) atoms. The minimum absolute atomic E-state index is 0.528. The molecule has 0 aromatic carbocycles. The third kappa shape index (κ3) is 1.70. The van der Waals surface area contributed by atoms with Crippen molar-refractivity contribution in [2.45, 2.75) is 19.4 Å². The van der Waals surface area contributed by atoms with E-state index in [-0.39, 0.29) is 0 Å². The Morgan fingerprint density at radius 3 is 3.00 bits per heavy atom. The fraction of sp³-hybridized carbons (Fsp3) is 0.600. The molecule has 0 radical (unpaired) electrons. The van der Waals surface area contributed by atoms with Crippen molar-refractivity contribution in [1.29, 1.82) is 0 Å². The van der Waals surface area contributed by atoms with Crippen molar-refractivity contribution < 1.29 is 0 Å². The molecule has 1 fully saturated rings. The van der Waals surface area contributed by atoms with Crippen LogP contribution in [0.3, 0.4) is 0 Å². The Hall–Kier alpha value is -1.16. The van der Waals surface area contributed by atoms with Crippen LogP contribution >= 0.6 is 0 Å². The molecule has 1 saturated heterocycles. The lowest BCUT2D eigenvalue weighted by Gasteiger charge is -2.21. The summed E-state index contributed by atoms with van der Waals surface area (Å²) < 4.78 is 0. The second kappa shape index (κ2) is 3.92. The van der Waals surface area contributed by atoms with Crippen molar-refractivity contribution in [3.8, 4) is 0 Å². The van der Waals surface area contributed by atoms with Crippen LogP contribution in [0.4, 0.5) is 5.82 Å². The molecule has 1 aromatic heterocycles. The molecule has 2 rings (SSSR count). The summed E-state index contributed by atoms with van der Waals surface area (Å²) in [6.07, 6.45) is 6.41. The Labute approximate surface area is 84.2 Å². The third-order valence-corrected chi connectivity index (χ3v) is 2.84.